The number of anilines is 3. The molecule has 0 unspecified atom stereocenters. The summed E-state index contributed by atoms with van der Waals surface area (Å²) in [6.07, 6.45) is 0. The molecule has 2 heteroatoms. The van der Waals surface area contributed by atoms with Crippen LogP contribution in [0.5, 0.6) is 0 Å². The van der Waals surface area contributed by atoms with Gasteiger partial charge in [0, 0.05) is 33.4 Å². The summed E-state index contributed by atoms with van der Waals surface area (Å²) in [5.74, 6) is 0. The van der Waals surface area contributed by atoms with Crippen molar-refractivity contribution in [3.63, 3.8) is 0 Å². The minimum atomic E-state index is 1.08. The molecule has 11 rings (SSSR count). The maximum absolute atomic E-state index is 2.44. The molecule has 10 aromatic carbocycles. The van der Waals surface area contributed by atoms with Crippen LogP contribution >= 0.6 is 0 Å². The van der Waals surface area contributed by atoms with Crippen molar-refractivity contribution in [3.8, 4) is 50.2 Å². The summed E-state index contributed by atoms with van der Waals surface area (Å²) < 4.78 is 2.44. The molecule has 0 atom stereocenters. The molecule has 0 aliphatic carbocycles. The highest BCUT2D eigenvalue weighted by Gasteiger charge is 2.22. The number of nitrogens with zero attached hydrogens (tertiary/aromatic N) is 2. The fourth-order valence-corrected chi connectivity index (χ4v) is 9.01. The molecule has 0 fully saturated rings. The van der Waals surface area contributed by atoms with E-state index in [2.05, 4.69) is 252 Å². The number of rotatable bonds is 8. The highest BCUT2D eigenvalue weighted by molar-refractivity contribution is 6.11. The van der Waals surface area contributed by atoms with Crippen LogP contribution in [-0.4, -0.2) is 4.57 Å². The summed E-state index contributed by atoms with van der Waals surface area (Å²) in [6.45, 7) is 0. The second kappa shape index (κ2) is 15.1. The molecule has 0 spiro atoms. The van der Waals surface area contributed by atoms with Gasteiger partial charge in [-0.05, 0) is 98.2 Å². The van der Waals surface area contributed by atoms with Gasteiger partial charge >= 0.3 is 0 Å². The Morgan fingerprint density at radius 2 is 0.867 bits per heavy atom. The van der Waals surface area contributed by atoms with Gasteiger partial charge in [-0.25, -0.2) is 0 Å². The van der Waals surface area contributed by atoms with Crippen LogP contribution in [0.3, 0.4) is 0 Å². The maximum atomic E-state index is 2.44. The van der Waals surface area contributed by atoms with Gasteiger partial charge < -0.3 is 9.47 Å². The number of para-hydroxylation sites is 2. The first-order valence-electron chi connectivity index (χ1n) is 20.6. The first-order chi connectivity index (χ1) is 29.8. The lowest BCUT2D eigenvalue weighted by atomic mass is 9.93. The van der Waals surface area contributed by atoms with Crippen LogP contribution < -0.4 is 4.90 Å². The SMILES string of the molecule is c1ccc(-c2ccc(-c3cccc4ccccc34)c(N(c3ccccc3)c3ccc4c5ccccc5n(-c5cccc(-c6ccccc6-c6ccccc6)c5)c4c3)c2)cc1. The predicted octanol–water partition coefficient (Wildman–Crippen LogP) is 16.1. The molecular weight excluding hydrogens is 725 g/mol. The van der Waals surface area contributed by atoms with Crippen molar-refractivity contribution in [2.24, 2.45) is 0 Å². The van der Waals surface area contributed by atoms with Crippen molar-refractivity contribution in [3.05, 3.63) is 243 Å². The molecule has 0 bridgehead atoms. The average molecular weight is 765 g/mol. The quantitative estimate of drug-likeness (QED) is 0.150. The number of hydrogen-bond donors (Lipinski definition) is 0. The Morgan fingerprint density at radius 3 is 1.67 bits per heavy atom. The summed E-state index contributed by atoms with van der Waals surface area (Å²) in [5.41, 5.74) is 16.2. The Balaban J connectivity index is 1.15. The molecule has 0 radical (unpaired) electrons. The topological polar surface area (TPSA) is 8.17 Å². The third-order valence-corrected chi connectivity index (χ3v) is 11.8. The molecule has 1 heterocycles. The van der Waals surface area contributed by atoms with E-state index in [1.165, 1.54) is 71.6 Å². The predicted molar refractivity (Wildman–Crippen MR) is 255 cm³/mol. The van der Waals surface area contributed by atoms with Crippen molar-refractivity contribution in [2.45, 2.75) is 0 Å². The van der Waals surface area contributed by atoms with Gasteiger partial charge in [-0.15, -0.1) is 0 Å². The summed E-state index contributed by atoms with van der Waals surface area (Å²) in [4.78, 5) is 2.44. The Kier molecular flexibility index (Phi) is 8.87. The molecule has 11 aromatic rings. The van der Waals surface area contributed by atoms with E-state index in [0.29, 0.717) is 0 Å². The average Bonchev–Trinajstić information content (AvgIpc) is 3.66. The largest absolute Gasteiger partial charge is 0.310 e. The summed E-state index contributed by atoms with van der Waals surface area (Å²) in [6, 6.07) is 88.0. The van der Waals surface area contributed by atoms with E-state index in [4.69, 9.17) is 0 Å². The molecule has 1 aromatic heterocycles. The molecule has 60 heavy (non-hydrogen) atoms. The van der Waals surface area contributed by atoms with Crippen LogP contribution in [0, 0.1) is 0 Å². The molecule has 0 aliphatic heterocycles. The monoisotopic (exact) mass is 764 g/mol. The maximum Gasteiger partial charge on any atom is 0.0561 e. The van der Waals surface area contributed by atoms with Gasteiger partial charge in [0.2, 0.25) is 0 Å². The highest BCUT2D eigenvalue weighted by atomic mass is 15.1. The van der Waals surface area contributed by atoms with Crippen molar-refractivity contribution in [2.75, 3.05) is 4.90 Å². The van der Waals surface area contributed by atoms with Gasteiger partial charge in [0.05, 0.1) is 16.7 Å². The van der Waals surface area contributed by atoms with E-state index in [9.17, 15) is 0 Å². The normalized spacial score (nSPS) is 11.3. The van der Waals surface area contributed by atoms with Gasteiger partial charge in [-0.1, -0.05) is 194 Å². The molecule has 282 valence electrons. The molecule has 0 N–H and O–H groups in total. The lowest BCUT2D eigenvalue weighted by Crippen LogP contribution is -2.11. The standard InChI is InChI=1S/C58H40N2/c1-4-18-41(19-5-1)44-34-36-54(52-32-17-23-43-22-10-11-29-50(43)52)57(39-44)59(46-25-8-3-9-26-46)48-35-37-55-53-31-14-15-33-56(53)60(58(55)40-48)47-27-16-24-45(38-47)51-30-13-12-28-49(51)42-20-6-2-7-21-42/h1-40H. The summed E-state index contributed by atoms with van der Waals surface area (Å²) in [5, 5.41) is 4.89. The van der Waals surface area contributed by atoms with E-state index in [0.717, 1.165) is 28.3 Å². The second-order valence-corrected chi connectivity index (χ2v) is 15.3. The molecule has 0 saturated carbocycles. The Bertz CT molecular complexity index is 3300. The number of aromatic nitrogens is 1. The molecule has 0 amide bonds. The Morgan fingerprint density at radius 1 is 0.283 bits per heavy atom. The smallest absolute Gasteiger partial charge is 0.0561 e. The first kappa shape index (κ1) is 35.2. The minimum absolute atomic E-state index is 1.08. The van der Waals surface area contributed by atoms with Gasteiger partial charge in [0.25, 0.3) is 0 Å². The van der Waals surface area contributed by atoms with Gasteiger partial charge in [-0.2, -0.15) is 0 Å². The molecule has 0 aliphatic rings. The van der Waals surface area contributed by atoms with Crippen LogP contribution in [0.25, 0.3) is 82.8 Å². The number of benzene rings is 10. The lowest BCUT2D eigenvalue weighted by molar-refractivity contribution is 1.18. The van der Waals surface area contributed by atoms with Crippen molar-refractivity contribution in [1.82, 2.24) is 4.57 Å². The second-order valence-electron chi connectivity index (χ2n) is 15.3. The summed E-state index contributed by atoms with van der Waals surface area (Å²) in [7, 11) is 0. The Hall–Kier alpha value is -7.94. The number of hydrogen-bond acceptors (Lipinski definition) is 1. The zero-order valence-electron chi connectivity index (χ0n) is 33.0. The fraction of sp³-hybridized carbons (Fsp3) is 0. The fourth-order valence-electron chi connectivity index (χ4n) is 9.01. The van der Waals surface area contributed by atoms with Crippen molar-refractivity contribution in [1.29, 1.82) is 0 Å². The van der Waals surface area contributed by atoms with Crippen molar-refractivity contribution < 1.29 is 0 Å². The van der Waals surface area contributed by atoms with Crippen LogP contribution in [0.2, 0.25) is 0 Å². The van der Waals surface area contributed by atoms with Gasteiger partial charge in [0.1, 0.15) is 0 Å². The summed E-state index contributed by atoms with van der Waals surface area (Å²) >= 11 is 0. The van der Waals surface area contributed by atoms with Crippen LogP contribution in [0.15, 0.2) is 243 Å². The van der Waals surface area contributed by atoms with E-state index in [-0.39, 0.29) is 0 Å². The Labute approximate surface area is 350 Å². The molecule has 2 nitrogen and oxygen atoms in total. The van der Waals surface area contributed by atoms with Gasteiger partial charge in [0.15, 0.2) is 0 Å². The third kappa shape index (κ3) is 6.23. The lowest BCUT2D eigenvalue weighted by Gasteiger charge is -2.29. The van der Waals surface area contributed by atoms with E-state index in [1.807, 2.05) is 0 Å². The third-order valence-electron chi connectivity index (χ3n) is 11.8. The van der Waals surface area contributed by atoms with E-state index < -0.39 is 0 Å². The zero-order chi connectivity index (χ0) is 39.8. The van der Waals surface area contributed by atoms with Crippen LogP contribution in [0.1, 0.15) is 0 Å². The van der Waals surface area contributed by atoms with E-state index in [1.54, 1.807) is 0 Å². The van der Waals surface area contributed by atoms with Crippen LogP contribution in [0.4, 0.5) is 17.1 Å². The first-order valence-corrected chi connectivity index (χ1v) is 20.6. The minimum Gasteiger partial charge on any atom is -0.310 e. The zero-order valence-corrected chi connectivity index (χ0v) is 33.0. The number of fused-ring (bicyclic) bond motifs is 4. The van der Waals surface area contributed by atoms with Crippen LogP contribution in [-0.2, 0) is 0 Å². The van der Waals surface area contributed by atoms with E-state index >= 15 is 0 Å². The highest BCUT2D eigenvalue weighted by Crippen LogP contribution is 2.46. The molecule has 0 saturated heterocycles. The molecular formula is C58H40N2. The van der Waals surface area contributed by atoms with Gasteiger partial charge in [-0.3, -0.25) is 0 Å². The van der Waals surface area contributed by atoms with Crippen molar-refractivity contribution >= 4 is 49.6 Å².